The molecule has 0 saturated heterocycles. The van der Waals surface area contributed by atoms with Gasteiger partial charge >= 0.3 is 11.9 Å². The van der Waals surface area contributed by atoms with Crippen molar-refractivity contribution in [1.82, 2.24) is 14.6 Å². The van der Waals surface area contributed by atoms with Crippen LogP contribution in [0.25, 0.3) is 16.9 Å². The van der Waals surface area contributed by atoms with Gasteiger partial charge in [-0.2, -0.15) is 5.10 Å². The van der Waals surface area contributed by atoms with E-state index < -0.39 is 23.6 Å². The van der Waals surface area contributed by atoms with Gasteiger partial charge in [0.2, 0.25) is 0 Å². The fourth-order valence-electron chi connectivity index (χ4n) is 4.66. The van der Waals surface area contributed by atoms with Gasteiger partial charge in [-0.1, -0.05) is 17.7 Å². The molecule has 0 radical (unpaired) electrons. The van der Waals surface area contributed by atoms with Gasteiger partial charge in [-0.25, -0.2) is 19.1 Å². The van der Waals surface area contributed by atoms with Crippen molar-refractivity contribution in [3.63, 3.8) is 0 Å². The maximum absolute atomic E-state index is 13.4. The lowest BCUT2D eigenvalue weighted by Gasteiger charge is -2.32. The average Bonchev–Trinajstić information content (AvgIpc) is 3.31. The van der Waals surface area contributed by atoms with Crippen molar-refractivity contribution in [2.24, 2.45) is 0 Å². The number of fused-ring (bicyclic) bond motifs is 2. The first-order valence-corrected chi connectivity index (χ1v) is 13.6. The van der Waals surface area contributed by atoms with Gasteiger partial charge in [0.1, 0.15) is 12.4 Å². The Balaban J connectivity index is 2.08. The van der Waals surface area contributed by atoms with Crippen molar-refractivity contribution < 1.29 is 28.5 Å². The molecule has 0 saturated carbocycles. The third-order valence-corrected chi connectivity index (χ3v) is 6.55. The normalized spacial score (nSPS) is 13.9. The van der Waals surface area contributed by atoms with Crippen molar-refractivity contribution in [2.45, 2.75) is 53.2 Å². The van der Waals surface area contributed by atoms with Crippen LogP contribution in [0.1, 0.15) is 62.5 Å². The summed E-state index contributed by atoms with van der Waals surface area (Å²) < 4.78 is 24.3. The molecule has 0 amide bonds. The van der Waals surface area contributed by atoms with Crippen molar-refractivity contribution in [3.05, 3.63) is 52.8 Å². The Bertz CT molecular complexity index is 1440. The second-order valence-electron chi connectivity index (χ2n) is 10.2. The van der Waals surface area contributed by atoms with Gasteiger partial charge in [-0.05, 0) is 53.7 Å². The summed E-state index contributed by atoms with van der Waals surface area (Å²) in [4.78, 5) is 32.8. The minimum absolute atomic E-state index is 0.0716. The van der Waals surface area contributed by atoms with Gasteiger partial charge in [0.15, 0.2) is 17.4 Å². The van der Waals surface area contributed by atoms with E-state index in [-0.39, 0.29) is 18.9 Å². The predicted molar refractivity (Wildman–Crippen MR) is 152 cm³/mol. The van der Waals surface area contributed by atoms with E-state index in [0.717, 1.165) is 0 Å². The number of carbonyl (C=O) groups is 2. The molecule has 1 aromatic carbocycles. The van der Waals surface area contributed by atoms with Crippen LogP contribution in [-0.2, 0) is 19.0 Å². The number of hydrogen-bond acceptors (Lipinski definition) is 9. The van der Waals surface area contributed by atoms with Crippen molar-refractivity contribution in [3.8, 4) is 17.0 Å². The predicted octanol–water partition coefficient (Wildman–Crippen LogP) is 5.34. The number of nitrogens with zero attached hydrogens (tertiary/aromatic N) is 4. The molecule has 3 aromatic rings. The summed E-state index contributed by atoms with van der Waals surface area (Å²) in [6, 6.07) is 5.18. The fourth-order valence-corrected chi connectivity index (χ4v) is 5.03. The quantitative estimate of drug-likeness (QED) is 0.249. The first-order chi connectivity index (χ1) is 19.0. The van der Waals surface area contributed by atoms with E-state index in [1.807, 2.05) is 26.8 Å². The average molecular weight is 571 g/mol. The molecule has 214 valence electrons. The number of anilines is 1. The van der Waals surface area contributed by atoms with Gasteiger partial charge in [0.05, 0.1) is 41.8 Å². The van der Waals surface area contributed by atoms with Crippen LogP contribution < -0.4 is 9.64 Å². The Hall–Kier alpha value is -3.63. The highest BCUT2D eigenvalue weighted by Crippen LogP contribution is 2.46. The van der Waals surface area contributed by atoms with Gasteiger partial charge in [0.25, 0.3) is 0 Å². The maximum Gasteiger partial charge on any atom is 0.358 e. The zero-order valence-electron chi connectivity index (χ0n) is 23.7. The first-order valence-electron chi connectivity index (χ1n) is 13.2. The molecule has 1 aliphatic heterocycles. The molecule has 0 aliphatic carbocycles. The van der Waals surface area contributed by atoms with Gasteiger partial charge in [0, 0.05) is 29.4 Å². The third kappa shape index (κ3) is 5.78. The number of aryl methyl sites for hydroxylation is 1. The van der Waals surface area contributed by atoms with E-state index in [1.54, 1.807) is 39.0 Å². The second-order valence-corrected chi connectivity index (χ2v) is 10.6. The van der Waals surface area contributed by atoms with E-state index in [2.05, 4.69) is 16.6 Å². The van der Waals surface area contributed by atoms with Crippen LogP contribution >= 0.6 is 11.6 Å². The van der Waals surface area contributed by atoms with Crippen LogP contribution in [0, 0.1) is 6.92 Å². The summed E-state index contributed by atoms with van der Waals surface area (Å²) in [7, 11) is 0. The van der Waals surface area contributed by atoms with E-state index >= 15 is 0 Å². The van der Waals surface area contributed by atoms with Gasteiger partial charge < -0.3 is 23.8 Å². The fraction of sp³-hybridized carbons (Fsp3) is 0.448. The van der Waals surface area contributed by atoms with Gasteiger partial charge in [-0.15, -0.1) is 6.58 Å². The summed E-state index contributed by atoms with van der Waals surface area (Å²) >= 11 is 7.15. The Kier molecular flexibility index (Phi) is 8.70. The molecule has 1 atom stereocenters. The zero-order chi connectivity index (χ0) is 29.2. The molecular weight excluding hydrogens is 536 g/mol. The van der Waals surface area contributed by atoms with E-state index in [9.17, 15) is 9.59 Å². The first kappa shape index (κ1) is 29.4. The third-order valence-electron chi connectivity index (χ3n) is 6.17. The zero-order valence-corrected chi connectivity index (χ0v) is 24.5. The number of rotatable bonds is 9. The molecule has 1 aliphatic rings. The highest BCUT2D eigenvalue weighted by Gasteiger charge is 2.36. The Morgan fingerprint density at radius 2 is 1.95 bits per heavy atom. The minimum atomic E-state index is -1.16. The van der Waals surface area contributed by atoms with Gasteiger partial charge in [-0.3, -0.25) is 0 Å². The standard InChI is InChI=1S/C29H35ClN4O6/c1-8-13-33-14-15-39-20-12-11-18(23(30)25(20)33)24-22(26(28(36)38-10-3)40-29(5,6)7)17(4)31-21-16-19(32-34(21)24)27(35)37-9-2/h8,11-12,16,26H,1,9-10,13-15H2,2-7H3/t26-/m0/s1. The largest absolute Gasteiger partial charge is 0.490 e. The van der Waals surface area contributed by atoms with Crippen molar-refractivity contribution in [2.75, 3.05) is 37.8 Å². The van der Waals surface area contributed by atoms with E-state index in [4.69, 9.17) is 35.5 Å². The maximum atomic E-state index is 13.4. The highest BCUT2D eigenvalue weighted by molar-refractivity contribution is 6.36. The summed E-state index contributed by atoms with van der Waals surface area (Å²) in [6.45, 7) is 16.7. The SMILES string of the molecule is C=CCN1CCOc2ccc(-c3c([C@H](OC(C)(C)C)C(=O)OCC)c(C)nc4cc(C(=O)OCC)nn34)c(Cl)c21. The highest BCUT2D eigenvalue weighted by atomic mass is 35.5. The molecule has 3 heterocycles. The molecule has 10 nitrogen and oxygen atoms in total. The molecule has 4 rings (SSSR count). The second kappa shape index (κ2) is 11.9. The minimum Gasteiger partial charge on any atom is -0.490 e. The van der Waals surface area contributed by atoms with E-state index in [1.165, 1.54) is 4.52 Å². The van der Waals surface area contributed by atoms with Crippen molar-refractivity contribution >= 4 is 34.9 Å². The smallest absolute Gasteiger partial charge is 0.358 e. The van der Waals surface area contributed by atoms with Crippen LogP contribution in [0.5, 0.6) is 5.75 Å². The number of esters is 2. The van der Waals surface area contributed by atoms with Crippen molar-refractivity contribution in [1.29, 1.82) is 0 Å². The molecule has 0 fully saturated rings. The lowest BCUT2D eigenvalue weighted by Crippen LogP contribution is -2.33. The monoisotopic (exact) mass is 570 g/mol. The number of aromatic nitrogens is 3. The number of ether oxygens (including phenoxy) is 4. The lowest BCUT2D eigenvalue weighted by atomic mass is 9.97. The number of halogens is 1. The van der Waals surface area contributed by atoms with E-state index in [0.29, 0.717) is 64.3 Å². The van der Waals surface area contributed by atoms with Crippen LogP contribution in [-0.4, -0.2) is 65.0 Å². The van der Waals surface area contributed by atoms with Crippen LogP contribution in [0.2, 0.25) is 5.02 Å². The molecular formula is C29H35ClN4O6. The summed E-state index contributed by atoms with van der Waals surface area (Å²) in [5.41, 5.74) is 2.34. The molecule has 0 bridgehead atoms. The molecule has 40 heavy (non-hydrogen) atoms. The Morgan fingerprint density at radius 1 is 1.23 bits per heavy atom. The Morgan fingerprint density at radius 3 is 2.60 bits per heavy atom. The summed E-state index contributed by atoms with van der Waals surface area (Å²) in [6.07, 6.45) is 0.639. The lowest BCUT2D eigenvalue weighted by molar-refractivity contribution is -0.166. The van der Waals surface area contributed by atoms with Crippen LogP contribution in [0.4, 0.5) is 5.69 Å². The number of hydrogen-bond donors (Lipinski definition) is 0. The number of carbonyl (C=O) groups excluding carboxylic acids is 2. The topological polar surface area (TPSA) is 104 Å². The molecule has 0 unspecified atom stereocenters. The molecule has 11 heteroatoms. The summed E-state index contributed by atoms with van der Waals surface area (Å²) in [5.74, 6) is -0.537. The Labute approximate surface area is 238 Å². The van der Waals surface area contributed by atoms with Crippen LogP contribution in [0.15, 0.2) is 30.9 Å². The molecule has 2 aromatic heterocycles. The van der Waals surface area contributed by atoms with Crippen LogP contribution in [0.3, 0.4) is 0 Å². The number of benzene rings is 1. The molecule has 0 N–H and O–H groups in total. The summed E-state index contributed by atoms with van der Waals surface area (Å²) in [5, 5.41) is 4.94. The molecule has 0 spiro atoms.